The maximum Gasteiger partial charge on any atom is 1.00 e. The van der Waals surface area contributed by atoms with E-state index in [0.29, 0.717) is 0 Å². The summed E-state index contributed by atoms with van der Waals surface area (Å²) in [5.74, 6) is 0. The van der Waals surface area contributed by atoms with E-state index in [4.69, 9.17) is 0 Å². The Labute approximate surface area is 118 Å². The Kier molecular flexibility index (Phi) is 182. The summed E-state index contributed by atoms with van der Waals surface area (Å²) in [5, 5.41) is 0. The molecule has 0 aromatic heterocycles. The molecule has 0 aromatic rings. The molecule has 0 amide bonds. The molecule has 0 heterocycles. The summed E-state index contributed by atoms with van der Waals surface area (Å²) < 4.78 is 0. The van der Waals surface area contributed by atoms with Crippen molar-refractivity contribution in [1.82, 2.24) is 0 Å². The second-order valence-corrected chi connectivity index (χ2v) is 0. The van der Waals surface area contributed by atoms with Gasteiger partial charge in [0.1, 0.15) is 0 Å². The molecule has 0 aromatic carbocycles. The Morgan fingerprint density at radius 3 is 0.600 bits per heavy atom. The zero-order valence-corrected chi connectivity index (χ0v) is 17.0. The number of rotatable bonds is 0. The van der Waals surface area contributed by atoms with Crippen LogP contribution < -0.4 is 59.1 Å². The Morgan fingerprint density at radius 2 is 0.600 bits per heavy atom. The van der Waals surface area contributed by atoms with Crippen molar-refractivity contribution in [3.05, 3.63) is 0 Å². The minimum atomic E-state index is 0. The van der Waals surface area contributed by atoms with E-state index in [0.717, 1.165) is 0 Å². The molecule has 0 saturated heterocycles. The smallest absolute Gasteiger partial charge is 1.00 e. The van der Waals surface area contributed by atoms with Gasteiger partial charge in [-0.15, -0.1) is 0 Å². The summed E-state index contributed by atoms with van der Waals surface area (Å²) in [7, 11) is 0. The summed E-state index contributed by atoms with van der Waals surface area (Å²) in [6, 6.07) is 0. The van der Waals surface area contributed by atoms with Crippen LogP contribution in [0.4, 0.5) is 0 Å². The molecule has 0 aliphatic carbocycles. The zero-order chi connectivity index (χ0) is 0. The van der Waals surface area contributed by atoms with E-state index in [9.17, 15) is 0 Å². The van der Waals surface area contributed by atoms with Gasteiger partial charge in [-0.2, -0.15) is 0 Å². The number of hydrogen-bond donors (Lipinski definition) is 0. The van der Waals surface area contributed by atoms with E-state index in [1.807, 2.05) is 0 Å². The van der Waals surface area contributed by atoms with Gasteiger partial charge in [0.2, 0.25) is 0 Å². The van der Waals surface area contributed by atoms with Crippen LogP contribution in [0, 0.1) is 0 Å². The molecule has 0 saturated carbocycles. The Balaban J connectivity index is 0. The summed E-state index contributed by atoms with van der Waals surface area (Å²) in [6.07, 6.45) is 0. The molecule has 0 spiro atoms. The van der Waals surface area contributed by atoms with E-state index >= 15 is 0 Å². The third-order valence-electron chi connectivity index (χ3n) is 0. The van der Waals surface area contributed by atoms with Crippen molar-refractivity contribution in [2.75, 3.05) is 0 Å². The molecule has 0 bridgehead atoms. The van der Waals surface area contributed by atoms with Crippen molar-refractivity contribution in [2.45, 2.75) is 0 Å². The largest absolute Gasteiger partial charge is 1.00 e. The maximum atomic E-state index is 0. The van der Waals surface area contributed by atoms with Crippen molar-refractivity contribution < 1.29 is 120 Å². The van der Waals surface area contributed by atoms with Gasteiger partial charge in [0, 0.05) is 58.4 Å². The van der Waals surface area contributed by atoms with Gasteiger partial charge in [0.05, 0.1) is 0 Å². The van der Waals surface area contributed by atoms with Gasteiger partial charge in [-0.3, -0.25) is 0 Å². The van der Waals surface area contributed by atoms with Crippen LogP contribution in [-0.2, 0) is 58.4 Å². The standard InChI is InChI=1S/2Na.3Zn.2H/q2*+1;;;;2*-1. The molecule has 5 heteroatoms. The molecule has 0 radical (unpaired) electrons. The van der Waals surface area contributed by atoms with E-state index in [1.165, 1.54) is 0 Å². The second kappa shape index (κ2) is 24.8. The normalized spacial score (nSPS) is 0. The summed E-state index contributed by atoms with van der Waals surface area (Å²) >= 11 is 0. The minimum Gasteiger partial charge on any atom is -1.00 e. The van der Waals surface area contributed by atoms with Crippen molar-refractivity contribution in [2.24, 2.45) is 0 Å². The van der Waals surface area contributed by atoms with Crippen LogP contribution in [0.2, 0.25) is 0 Å². The van der Waals surface area contributed by atoms with Gasteiger partial charge in [-0.25, -0.2) is 0 Å². The molecule has 0 N–H and O–H groups in total. The van der Waals surface area contributed by atoms with Gasteiger partial charge >= 0.3 is 59.1 Å². The van der Waals surface area contributed by atoms with Crippen LogP contribution in [0.25, 0.3) is 0 Å². The monoisotopic (exact) mass is 240 g/mol. The third-order valence-corrected chi connectivity index (χ3v) is 0. The van der Waals surface area contributed by atoms with Crippen LogP contribution in [-0.4, -0.2) is 0 Å². The molecule has 0 nitrogen and oxygen atoms in total. The zero-order valence-electron chi connectivity index (χ0n) is 6.12. The van der Waals surface area contributed by atoms with Gasteiger partial charge in [-0.05, 0) is 0 Å². The fourth-order valence-corrected chi connectivity index (χ4v) is 0. The third kappa shape index (κ3) is 18.1. The fraction of sp³-hybridized carbons (Fsp3) is 0. The average Bonchev–Trinajstić information content (AvgIpc) is 0. The predicted molar refractivity (Wildman–Crippen MR) is 2.22 cm³/mol. The van der Waals surface area contributed by atoms with Gasteiger partial charge in [-0.1, -0.05) is 0 Å². The van der Waals surface area contributed by atoms with E-state index in [2.05, 4.69) is 0 Å². The first-order chi connectivity index (χ1) is 0. The fourth-order valence-electron chi connectivity index (χ4n) is 0. The predicted octanol–water partition coefficient (Wildman–Crippen LogP) is -5.77. The van der Waals surface area contributed by atoms with Crippen LogP contribution in [0.3, 0.4) is 0 Å². The summed E-state index contributed by atoms with van der Waals surface area (Å²) in [4.78, 5) is 0. The molecule has 0 unspecified atom stereocenters. The Bertz CT molecular complexity index is 10.9. The van der Waals surface area contributed by atoms with Crippen LogP contribution in [0.15, 0.2) is 0 Å². The molecule has 10 valence electrons. The maximum absolute atomic E-state index is 0. The first-order valence-electron chi connectivity index (χ1n) is 0. The van der Waals surface area contributed by atoms with Crippen LogP contribution >= 0.6 is 0 Å². The quantitative estimate of drug-likeness (QED) is 0.372. The second-order valence-electron chi connectivity index (χ2n) is 0. The van der Waals surface area contributed by atoms with Gasteiger partial charge < -0.3 is 2.85 Å². The van der Waals surface area contributed by atoms with Crippen LogP contribution in [0.5, 0.6) is 0 Å². The van der Waals surface area contributed by atoms with Crippen molar-refractivity contribution in [1.29, 1.82) is 0 Å². The van der Waals surface area contributed by atoms with E-state index in [1.54, 1.807) is 0 Å². The first-order valence-corrected chi connectivity index (χ1v) is 0. The molecule has 5 heavy (non-hydrogen) atoms. The SMILES string of the molecule is [H-].[H-].[Na+].[Na+].[Zn].[Zn].[Zn]. The molecule has 0 atom stereocenters. The summed E-state index contributed by atoms with van der Waals surface area (Å²) in [5.41, 5.74) is 0. The van der Waals surface area contributed by atoms with Crippen molar-refractivity contribution >= 4 is 0 Å². The molecule has 0 fully saturated rings. The molecule has 0 aliphatic heterocycles. The minimum absolute atomic E-state index is 0. The van der Waals surface area contributed by atoms with Crippen LogP contribution in [0.1, 0.15) is 2.85 Å². The van der Waals surface area contributed by atoms with Gasteiger partial charge in [0.15, 0.2) is 0 Å². The average molecular weight is 244 g/mol. The number of hydrogen-bond acceptors (Lipinski definition) is 0. The van der Waals surface area contributed by atoms with E-state index in [-0.39, 0.29) is 120 Å². The first kappa shape index (κ1) is 36.7. The summed E-state index contributed by atoms with van der Waals surface area (Å²) in [6.45, 7) is 0. The molecule has 0 aliphatic rings. The van der Waals surface area contributed by atoms with Crippen molar-refractivity contribution in [3.8, 4) is 0 Å². The molecular formula is H2Na2Zn3. The Hall–Kier alpha value is 3.87. The topological polar surface area (TPSA) is 0 Å². The molecule has 0 rings (SSSR count). The van der Waals surface area contributed by atoms with Crippen molar-refractivity contribution in [3.63, 3.8) is 0 Å². The van der Waals surface area contributed by atoms with E-state index < -0.39 is 0 Å². The molecular weight excluding hydrogens is 242 g/mol. The van der Waals surface area contributed by atoms with Gasteiger partial charge in [0.25, 0.3) is 0 Å². The Morgan fingerprint density at radius 1 is 0.600 bits per heavy atom.